The Kier molecular flexibility index (Phi) is 4.32. The van der Waals surface area contributed by atoms with Crippen molar-refractivity contribution in [2.45, 2.75) is 44.9 Å². The highest BCUT2D eigenvalue weighted by molar-refractivity contribution is 5.69. The number of nitrogens with zero attached hydrogens (tertiary/aromatic N) is 2. The average molecular weight is 368 g/mol. The summed E-state index contributed by atoms with van der Waals surface area (Å²) in [5, 5.41) is 20.5. The standard InChI is InChI=1S/C20H20N2O5/c1-12(23)26-14-7-8-22(17(24)10-14)18-15-9-13(11-21)5-6-16(15)27-19(2,3)20(18,4)25/h5-10,18,25H,1-4H3. The third kappa shape index (κ3) is 3.09. The Balaban J connectivity index is 2.22. The molecule has 0 aliphatic carbocycles. The minimum atomic E-state index is -1.47. The number of carbonyl (C=O) groups is 1. The molecular formula is C20H20N2O5. The summed E-state index contributed by atoms with van der Waals surface area (Å²) in [5.74, 6) is 0.0857. The molecule has 0 radical (unpaired) electrons. The number of benzene rings is 1. The quantitative estimate of drug-likeness (QED) is 0.815. The van der Waals surface area contributed by atoms with Gasteiger partial charge in [0.15, 0.2) is 0 Å². The lowest BCUT2D eigenvalue weighted by atomic mass is 9.75. The number of ether oxygens (including phenoxy) is 2. The van der Waals surface area contributed by atoms with Crippen molar-refractivity contribution < 1.29 is 19.4 Å². The highest BCUT2D eigenvalue weighted by Crippen LogP contribution is 2.47. The maximum absolute atomic E-state index is 12.7. The Bertz CT molecular complexity index is 1010. The van der Waals surface area contributed by atoms with Gasteiger partial charge in [-0.15, -0.1) is 0 Å². The fourth-order valence-corrected chi connectivity index (χ4v) is 3.27. The number of hydrogen-bond donors (Lipinski definition) is 1. The second-order valence-electron chi connectivity index (χ2n) is 7.23. The fraction of sp³-hybridized carbons (Fsp3) is 0.350. The number of aromatic nitrogens is 1. The Hall–Kier alpha value is -3.11. The Labute approximate surface area is 156 Å². The number of carbonyl (C=O) groups excluding carboxylic acids is 1. The summed E-state index contributed by atoms with van der Waals surface area (Å²) < 4.78 is 12.3. The average Bonchev–Trinajstić information content (AvgIpc) is 2.56. The van der Waals surface area contributed by atoms with Crippen LogP contribution in [-0.2, 0) is 4.79 Å². The zero-order valence-corrected chi connectivity index (χ0v) is 15.5. The molecule has 0 saturated carbocycles. The molecule has 0 amide bonds. The molecule has 7 heteroatoms. The highest BCUT2D eigenvalue weighted by atomic mass is 16.5. The molecule has 1 aliphatic rings. The van der Waals surface area contributed by atoms with Gasteiger partial charge in [0.05, 0.1) is 17.7 Å². The van der Waals surface area contributed by atoms with Crippen molar-refractivity contribution in [3.05, 3.63) is 58.0 Å². The van der Waals surface area contributed by atoms with Crippen molar-refractivity contribution in [1.82, 2.24) is 4.57 Å². The molecule has 1 aromatic carbocycles. The van der Waals surface area contributed by atoms with Crippen LogP contribution >= 0.6 is 0 Å². The lowest BCUT2D eigenvalue weighted by Crippen LogP contribution is -2.60. The SMILES string of the molecule is CC(=O)Oc1ccn(C2c3cc(C#N)ccc3OC(C)(C)C2(C)O)c(=O)c1. The molecule has 0 saturated heterocycles. The van der Waals surface area contributed by atoms with Crippen LogP contribution in [0.25, 0.3) is 0 Å². The topological polar surface area (TPSA) is 102 Å². The van der Waals surface area contributed by atoms with E-state index in [1.165, 1.54) is 29.8 Å². The number of fused-ring (bicyclic) bond motifs is 1. The number of pyridine rings is 1. The van der Waals surface area contributed by atoms with Crippen molar-refractivity contribution in [3.63, 3.8) is 0 Å². The molecule has 0 bridgehead atoms. The van der Waals surface area contributed by atoms with Crippen molar-refractivity contribution in [1.29, 1.82) is 5.26 Å². The van der Waals surface area contributed by atoms with E-state index in [0.29, 0.717) is 16.9 Å². The van der Waals surface area contributed by atoms with E-state index in [0.717, 1.165) is 0 Å². The smallest absolute Gasteiger partial charge is 0.308 e. The number of rotatable bonds is 2. The highest BCUT2D eigenvalue weighted by Gasteiger charge is 2.53. The number of hydrogen-bond acceptors (Lipinski definition) is 6. The summed E-state index contributed by atoms with van der Waals surface area (Å²) >= 11 is 0. The Morgan fingerprint density at radius 3 is 2.59 bits per heavy atom. The zero-order valence-electron chi connectivity index (χ0n) is 15.5. The van der Waals surface area contributed by atoms with Crippen LogP contribution in [0.5, 0.6) is 11.5 Å². The molecule has 0 fully saturated rings. The largest absolute Gasteiger partial charge is 0.484 e. The van der Waals surface area contributed by atoms with E-state index in [9.17, 15) is 20.0 Å². The molecule has 2 unspecified atom stereocenters. The molecule has 1 aromatic heterocycles. The first-order chi connectivity index (χ1) is 12.6. The van der Waals surface area contributed by atoms with Gasteiger partial charge in [-0.25, -0.2) is 0 Å². The van der Waals surface area contributed by atoms with Gasteiger partial charge in [0.1, 0.15) is 22.7 Å². The summed E-state index contributed by atoms with van der Waals surface area (Å²) in [7, 11) is 0. The normalized spacial score (nSPS) is 22.9. The molecule has 0 spiro atoms. The first kappa shape index (κ1) is 18.7. The Morgan fingerprint density at radius 1 is 1.30 bits per heavy atom. The first-order valence-corrected chi connectivity index (χ1v) is 8.43. The van der Waals surface area contributed by atoms with E-state index < -0.39 is 28.8 Å². The van der Waals surface area contributed by atoms with Gasteiger partial charge in [-0.3, -0.25) is 9.59 Å². The van der Waals surface area contributed by atoms with Crippen LogP contribution in [0, 0.1) is 11.3 Å². The van der Waals surface area contributed by atoms with Crippen LogP contribution in [0.1, 0.15) is 44.9 Å². The van der Waals surface area contributed by atoms with Crippen molar-refractivity contribution in [3.8, 4) is 17.6 Å². The molecule has 1 N–H and O–H groups in total. The molecule has 2 aromatic rings. The lowest BCUT2D eigenvalue weighted by molar-refractivity contribution is -0.139. The monoisotopic (exact) mass is 368 g/mol. The minimum absolute atomic E-state index is 0.126. The van der Waals surface area contributed by atoms with Gasteiger partial charge < -0.3 is 19.1 Å². The van der Waals surface area contributed by atoms with E-state index in [1.54, 1.807) is 39.0 Å². The van der Waals surface area contributed by atoms with Crippen molar-refractivity contribution >= 4 is 5.97 Å². The van der Waals surface area contributed by atoms with E-state index in [2.05, 4.69) is 6.07 Å². The third-order valence-corrected chi connectivity index (χ3v) is 5.01. The summed E-state index contributed by atoms with van der Waals surface area (Å²) in [4.78, 5) is 23.9. The second kappa shape index (κ2) is 6.25. The van der Waals surface area contributed by atoms with Crippen LogP contribution in [0.3, 0.4) is 0 Å². The van der Waals surface area contributed by atoms with Crippen LogP contribution < -0.4 is 15.0 Å². The summed E-state index contributed by atoms with van der Waals surface area (Å²) in [5.41, 5.74) is -2.01. The lowest BCUT2D eigenvalue weighted by Gasteiger charge is -2.49. The van der Waals surface area contributed by atoms with Gasteiger partial charge in [0.25, 0.3) is 5.56 Å². The summed E-state index contributed by atoms with van der Waals surface area (Å²) in [6.07, 6.45) is 1.46. The molecule has 2 heterocycles. The number of nitriles is 1. The van der Waals surface area contributed by atoms with Crippen LogP contribution in [0.15, 0.2) is 41.3 Å². The van der Waals surface area contributed by atoms with Gasteiger partial charge in [-0.05, 0) is 45.0 Å². The predicted molar refractivity (Wildman–Crippen MR) is 96.6 cm³/mol. The van der Waals surface area contributed by atoms with Gasteiger partial charge in [-0.2, -0.15) is 5.26 Å². The number of esters is 1. The maximum Gasteiger partial charge on any atom is 0.308 e. The predicted octanol–water partition coefficient (Wildman–Crippen LogP) is 2.16. The molecule has 2 atom stereocenters. The van der Waals surface area contributed by atoms with Gasteiger partial charge in [-0.1, -0.05) is 0 Å². The molecule has 3 rings (SSSR count). The molecule has 140 valence electrons. The van der Waals surface area contributed by atoms with Crippen LogP contribution in [-0.4, -0.2) is 26.8 Å². The molecular weight excluding hydrogens is 348 g/mol. The van der Waals surface area contributed by atoms with Gasteiger partial charge in [0, 0.05) is 24.8 Å². The van der Waals surface area contributed by atoms with Gasteiger partial charge in [0.2, 0.25) is 0 Å². The minimum Gasteiger partial charge on any atom is -0.484 e. The zero-order chi connectivity index (χ0) is 20.0. The van der Waals surface area contributed by atoms with Crippen molar-refractivity contribution in [2.24, 2.45) is 0 Å². The molecule has 27 heavy (non-hydrogen) atoms. The van der Waals surface area contributed by atoms with Gasteiger partial charge >= 0.3 is 5.97 Å². The molecule has 1 aliphatic heterocycles. The first-order valence-electron chi connectivity index (χ1n) is 8.43. The molecule has 7 nitrogen and oxygen atoms in total. The number of aliphatic hydroxyl groups is 1. The second-order valence-corrected chi connectivity index (χ2v) is 7.23. The van der Waals surface area contributed by atoms with Crippen LogP contribution in [0.2, 0.25) is 0 Å². The van der Waals surface area contributed by atoms with Crippen LogP contribution in [0.4, 0.5) is 0 Å². The van der Waals surface area contributed by atoms with E-state index in [1.807, 2.05) is 0 Å². The van der Waals surface area contributed by atoms with E-state index >= 15 is 0 Å². The van der Waals surface area contributed by atoms with Crippen molar-refractivity contribution in [2.75, 3.05) is 0 Å². The fourth-order valence-electron chi connectivity index (χ4n) is 3.27. The van der Waals surface area contributed by atoms with E-state index in [-0.39, 0.29) is 5.75 Å². The third-order valence-electron chi connectivity index (χ3n) is 5.01. The van der Waals surface area contributed by atoms with E-state index in [4.69, 9.17) is 9.47 Å². The summed E-state index contributed by atoms with van der Waals surface area (Å²) in [6.45, 7) is 6.31. The summed E-state index contributed by atoms with van der Waals surface area (Å²) in [6, 6.07) is 8.82. The Morgan fingerprint density at radius 2 is 2.00 bits per heavy atom. The maximum atomic E-state index is 12.7.